The number of nitrogens with one attached hydrogen (secondary N) is 2. The van der Waals surface area contributed by atoms with Gasteiger partial charge in [-0.25, -0.2) is 0 Å². The molecule has 0 radical (unpaired) electrons. The first-order valence-electron chi connectivity index (χ1n) is 7.95. The molecule has 2 N–H and O–H groups in total. The quantitative estimate of drug-likeness (QED) is 0.637. The lowest BCUT2D eigenvalue weighted by Crippen LogP contribution is -2.11. The maximum absolute atomic E-state index is 12.4. The van der Waals surface area contributed by atoms with Crippen molar-refractivity contribution in [2.75, 3.05) is 5.32 Å². The van der Waals surface area contributed by atoms with Gasteiger partial charge in [-0.2, -0.15) is 9.47 Å². The van der Waals surface area contributed by atoms with Crippen LogP contribution >= 0.6 is 11.5 Å². The maximum atomic E-state index is 12.4. The Hall–Kier alpha value is -3.32. The van der Waals surface area contributed by atoms with Gasteiger partial charge in [0, 0.05) is 40.7 Å². The van der Waals surface area contributed by atoms with Gasteiger partial charge >= 0.3 is 0 Å². The van der Waals surface area contributed by atoms with Gasteiger partial charge in [0.15, 0.2) is 0 Å². The second kappa shape index (κ2) is 8.68. The van der Waals surface area contributed by atoms with E-state index in [1.165, 1.54) is 11.5 Å². The average Bonchev–Trinajstić information content (AvgIpc) is 3.33. The number of rotatable bonds is 6. The van der Waals surface area contributed by atoms with Gasteiger partial charge in [-0.1, -0.05) is 18.2 Å². The van der Waals surface area contributed by atoms with Crippen LogP contribution in [0.15, 0.2) is 65.3 Å². The molecular weight excluding hydrogens is 346 g/mol. The number of allylic oxidation sites excluding steroid dienone is 2. The highest BCUT2D eigenvalue weighted by molar-refractivity contribution is 7.03. The van der Waals surface area contributed by atoms with Gasteiger partial charge in [0.1, 0.15) is 5.82 Å². The van der Waals surface area contributed by atoms with Gasteiger partial charge in [-0.3, -0.25) is 14.9 Å². The van der Waals surface area contributed by atoms with Gasteiger partial charge in [0.25, 0.3) is 5.91 Å². The number of anilines is 1. The van der Waals surface area contributed by atoms with E-state index in [1.54, 1.807) is 30.7 Å². The van der Waals surface area contributed by atoms with Gasteiger partial charge in [0.05, 0.1) is 5.69 Å². The molecule has 0 saturated carbocycles. The monoisotopic (exact) mass is 363 g/mol. The molecule has 0 atom stereocenters. The van der Waals surface area contributed by atoms with Crippen molar-refractivity contribution in [2.24, 2.45) is 4.99 Å². The van der Waals surface area contributed by atoms with Crippen LogP contribution in [0.25, 0.3) is 17.3 Å². The van der Waals surface area contributed by atoms with E-state index in [9.17, 15) is 4.79 Å². The molecule has 0 fully saturated rings. The number of aromatic amines is 1. The fraction of sp³-hybridized carbons (Fsp3) is 0.0526. The number of carbonyl (C=O) groups is 1. The maximum Gasteiger partial charge on any atom is 0.256 e. The van der Waals surface area contributed by atoms with Crippen molar-refractivity contribution in [3.05, 3.63) is 71.4 Å². The highest BCUT2D eigenvalue weighted by atomic mass is 32.1. The number of benzene rings is 1. The third-order valence-corrected chi connectivity index (χ3v) is 3.99. The fourth-order valence-corrected chi connectivity index (χ4v) is 2.73. The molecule has 0 spiro atoms. The molecule has 0 aliphatic rings. The Morgan fingerprint density at radius 3 is 3.08 bits per heavy atom. The summed E-state index contributed by atoms with van der Waals surface area (Å²) in [7, 11) is 0. The van der Waals surface area contributed by atoms with Crippen LogP contribution in [-0.4, -0.2) is 26.7 Å². The fourth-order valence-electron chi connectivity index (χ4n) is 2.26. The number of aromatic nitrogens is 3. The minimum Gasteiger partial charge on any atom is -0.306 e. The van der Waals surface area contributed by atoms with Crippen LogP contribution in [0.5, 0.6) is 0 Å². The van der Waals surface area contributed by atoms with Gasteiger partial charge in [-0.05, 0) is 48.8 Å². The van der Waals surface area contributed by atoms with E-state index in [2.05, 4.69) is 24.9 Å². The summed E-state index contributed by atoms with van der Waals surface area (Å²) >= 11 is 1.29. The summed E-state index contributed by atoms with van der Waals surface area (Å²) in [5.74, 6) is 0.345. The van der Waals surface area contributed by atoms with Crippen LogP contribution in [0.4, 0.5) is 5.82 Å². The van der Waals surface area contributed by atoms with Gasteiger partial charge in [0.2, 0.25) is 0 Å². The van der Waals surface area contributed by atoms with Crippen molar-refractivity contribution in [1.29, 1.82) is 0 Å². The molecule has 1 amide bonds. The second-order valence-electron chi connectivity index (χ2n) is 5.25. The standard InChI is InChI=1S/C19H17N5OS/c1-2-9-20-10-4-7-16-13-21-23-18(16)14-5-3-6-15(12-14)19(25)22-17-8-11-26-24-17/h2-13H,1H3,(H,21,23)(H,22,24,25)/b7-4+,9-2-,20-10-. The molecule has 1 aromatic carbocycles. The Bertz CT molecular complexity index is 954. The molecular formula is C19H17N5OS. The molecule has 2 aromatic heterocycles. The van der Waals surface area contributed by atoms with Crippen molar-refractivity contribution >= 4 is 35.5 Å². The van der Waals surface area contributed by atoms with Crippen molar-refractivity contribution in [3.8, 4) is 11.3 Å². The number of aliphatic imine (C=N–C) groups is 1. The Balaban J connectivity index is 1.80. The Morgan fingerprint density at radius 2 is 2.27 bits per heavy atom. The molecule has 0 aliphatic carbocycles. The zero-order valence-electron chi connectivity index (χ0n) is 14.1. The smallest absolute Gasteiger partial charge is 0.256 e. The highest BCUT2D eigenvalue weighted by Gasteiger charge is 2.11. The van der Waals surface area contributed by atoms with Crippen LogP contribution in [-0.2, 0) is 0 Å². The second-order valence-corrected chi connectivity index (χ2v) is 5.91. The molecule has 3 aromatic rings. The van der Waals surface area contributed by atoms with E-state index < -0.39 is 0 Å². The Labute approximate surface area is 155 Å². The summed E-state index contributed by atoms with van der Waals surface area (Å²) in [4.78, 5) is 16.5. The third kappa shape index (κ3) is 4.40. The van der Waals surface area contributed by atoms with Crippen LogP contribution in [0.1, 0.15) is 22.8 Å². The zero-order chi connectivity index (χ0) is 18.2. The predicted molar refractivity (Wildman–Crippen MR) is 106 cm³/mol. The van der Waals surface area contributed by atoms with Crippen LogP contribution in [0.2, 0.25) is 0 Å². The minimum absolute atomic E-state index is 0.205. The number of amides is 1. The van der Waals surface area contributed by atoms with E-state index in [0.717, 1.165) is 16.8 Å². The number of hydrogen-bond donors (Lipinski definition) is 2. The Kier molecular flexibility index (Phi) is 5.84. The predicted octanol–water partition coefficient (Wildman–Crippen LogP) is 4.40. The first-order chi connectivity index (χ1) is 12.8. The van der Waals surface area contributed by atoms with E-state index in [0.29, 0.717) is 11.4 Å². The van der Waals surface area contributed by atoms with Gasteiger partial charge in [-0.15, -0.1) is 0 Å². The lowest BCUT2D eigenvalue weighted by atomic mass is 10.0. The molecule has 0 saturated heterocycles. The average molecular weight is 363 g/mol. The van der Waals surface area contributed by atoms with E-state index in [-0.39, 0.29) is 5.91 Å². The third-order valence-electron chi connectivity index (χ3n) is 3.43. The summed E-state index contributed by atoms with van der Waals surface area (Å²) in [6, 6.07) is 9.08. The SMILES string of the molecule is C\C=C/N=C\C=C\c1c[nH]nc1-c1cccc(C(=O)Nc2ccsn2)c1. The van der Waals surface area contributed by atoms with Crippen molar-refractivity contribution in [2.45, 2.75) is 6.92 Å². The summed E-state index contributed by atoms with van der Waals surface area (Å²) in [5.41, 5.74) is 3.07. The summed E-state index contributed by atoms with van der Waals surface area (Å²) in [6.45, 7) is 1.91. The van der Waals surface area contributed by atoms with Crippen LogP contribution < -0.4 is 5.32 Å². The first kappa shape index (κ1) is 17.5. The molecule has 7 heteroatoms. The van der Waals surface area contributed by atoms with E-state index in [1.807, 2.05) is 48.7 Å². The summed E-state index contributed by atoms with van der Waals surface area (Å²) in [6.07, 6.45) is 10.8. The van der Waals surface area contributed by atoms with Crippen LogP contribution in [0.3, 0.4) is 0 Å². The molecule has 2 heterocycles. The number of hydrogen-bond acceptors (Lipinski definition) is 5. The van der Waals surface area contributed by atoms with Crippen molar-refractivity contribution in [3.63, 3.8) is 0 Å². The van der Waals surface area contributed by atoms with Gasteiger partial charge < -0.3 is 5.32 Å². The minimum atomic E-state index is -0.205. The molecule has 0 aliphatic heterocycles. The number of H-pyrrole nitrogens is 1. The molecule has 130 valence electrons. The molecule has 26 heavy (non-hydrogen) atoms. The van der Waals surface area contributed by atoms with Crippen LogP contribution in [0, 0.1) is 0 Å². The molecule has 3 rings (SSSR count). The van der Waals surface area contributed by atoms with E-state index in [4.69, 9.17) is 0 Å². The van der Waals surface area contributed by atoms with Crippen molar-refractivity contribution in [1.82, 2.24) is 14.6 Å². The topological polar surface area (TPSA) is 83.0 Å². The largest absolute Gasteiger partial charge is 0.306 e. The van der Waals surface area contributed by atoms with Crippen molar-refractivity contribution < 1.29 is 4.79 Å². The lowest BCUT2D eigenvalue weighted by molar-refractivity contribution is 0.102. The highest BCUT2D eigenvalue weighted by Crippen LogP contribution is 2.23. The zero-order valence-corrected chi connectivity index (χ0v) is 14.9. The molecule has 0 bridgehead atoms. The normalized spacial score (nSPS) is 11.7. The summed E-state index contributed by atoms with van der Waals surface area (Å²) < 4.78 is 4.09. The number of nitrogens with zero attached hydrogens (tertiary/aromatic N) is 3. The Morgan fingerprint density at radius 1 is 1.35 bits per heavy atom. The lowest BCUT2D eigenvalue weighted by Gasteiger charge is -2.04. The summed E-state index contributed by atoms with van der Waals surface area (Å²) in [5, 5.41) is 11.8. The number of carbonyl (C=O) groups excluding carboxylic acids is 1. The van der Waals surface area contributed by atoms with E-state index >= 15 is 0 Å². The molecule has 0 unspecified atom stereocenters. The molecule has 6 nitrogen and oxygen atoms in total. The first-order valence-corrected chi connectivity index (χ1v) is 8.78.